The summed E-state index contributed by atoms with van der Waals surface area (Å²) < 4.78 is 7.26. The predicted molar refractivity (Wildman–Crippen MR) is 124 cm³/mol. The maximum absolute atomic E-state index is 13.2. The van der Waals surface area contributed by atoms with E-state index in [4.69, 9.17) is 11.2 Å². The molecule has 6 nitrogen and oxygen atoms in total. The number of hydrogen-bond donors (Lipinski definition) is 0. The summed E-state index contributed by atoms with van der Waals surface area (Å²) in [7, 11) is 3.19. The molecule has 0 saturated carbocycles. The highest BCUT2D eigenvalue weighted by molar-refractivity contribution is 7.98. The predicted octanol–water partition coefficient (Wildman–Crippen LogP) is 3.41. The van der Waals surface area contributed by atoms with E-state index in [0.29, 0.717) is 6.54 Å². The number of methoxy groups -OCH3 is 1. The van der Waals surface area contributed by atoms with Crippen molar-refractivity contribution in [3.05, 3.63) is 86.8 Å². The van der Waals surface area contributed by atoms with Crippen LogP contribution in [0.4, 0.5) is 0 Å². The highest BCUT2D eigenvalue weighted by atomic mass is 32.2. The number of ether oxygens (including phenoxy) is 1. The summed E-state index contributed by atoms with van der Waals surface area (Å²) in [5.41, 5.74) is 3.10. The van der Waals surface area contributed by atoms with Gasteiger partial charge in [-0.2, -0.15) is 4.98 Å². The normalized spacial score (nSPS) is 19.3. The minimum Gasteiger partial charge on any atom is -0.468 e. The molecule has 3 heterocycles. The summed E-state index contributed by atoms with van der Waals surface area (Å²) in [5.74, 6) is 2.85. The molecule has 7 heteroatoms. The molecule has 0 N–H and O–H groups in total. The van der Waals surface area contributed by atoms with E-state index in [-0.39, 0.29) is 36.6 Å². The van der Waals surface area contributed by atoms with Crippen molar-refractivity contribution in [1.82, 2.24) is 14.5 Å². The van der Waals surface area contributed by atoms with E-state index >= 15 is 0 Å². The number of benzene rings is 2. The molecule has 3 aromatic rings. The molecular weight excluding hydrogens is 422 g/mol. The second-order valence-electron chi connectivity index (χ2n) is 7.90. The third-order valence-electron chi connectivity index (χ3n) is 6.18. The summed E-state index contributed by atoms with van der Waals surface area (Å²) in [6.07, 6.45) is 5.66. The van der Waals surface area contributed by atoms with E-state index in [1.165, 1.54) is 28.7 Å². The minimum atomic E-state index is -0.629. The summed E-state index contributed by atoms with van der Waals surface area (Å²) in [4.78, 5) is 32.7. The van der Waals surface area contributed by atoms with Crippen molar-refractivity contribution in [2.45, 2.75) is 22.6 Å². The molecule has 0 bridgehead atoms. The molecule has 0 aliphatic carbocycles. The summed E-state index contributed by atoms with van der Waals surface area (Å²) in [6.45, 7) is 0.425. The molecule has 2 unspecified atom stereocenters. The largest absolute Gasteiger partial charge is 0.468 e. The van der Waals surface area contributed by atoms with Crippen LogP contribution in [0.5, 0.6) is 6.01 Å². The van der Waals surface area contributed by atoms with E-state index in [2.05, 4.69) is 35.2 Å². The Hall–Kier alpha value is -3.50. The Balaban J connectivity index is 0.00000259. The molecule has 1 aromatic heterocycles. The number of amides is 1. The lowest BCUT2D eigenvalue weighted by Gasteiger charge is -2.39. The zero-order chi connectivity index (χ0) is 22.4. The maximum atomic E-state index is 13.2. The molecule has 2 aromatic carbocycles. The van der Waals surface area contributed by atoms with Gasteiger partial charge in [0.05, 0.1) is 13.2 Å². The van der Waals surface area contributed by atoms with Crippen LogP contribution >= 0.6 is 11.8 Å². The first kappa shape index (κ1) is 20.4. The standard InChI is InChI=1S/C25H21N3O3S.H/c1-4-16-22-24(30)27(2)13-19(28(22)25(31-3)26-23(16)29)21-17-10-6-5-9-15(17)14-32-20-12-8-7-11-18(20)21;/h1,5-12,19,21H,13-14H2,2-3H3;. The first-order valence-electron chi connectivity index (χ1n) is 10.3. The van der Waals surface area contributed by atoms with Crippen molar-refractivity contribution in [1.29, 1.82) is 0 Å². The Morgan fingerprint density at radius 2 is 1.88 bits per heavy atom. The van der Waals surface area contributed by atoms with Crippen molar-refractivity contribution in [2.75, 3.05) is 20.7 Å². The van der Waals surface area contributed by atoms with Gasteiger partial charge in [-0.1, -0.05) is 48.4 Å². The lowest BCUT2D eigenvalue weighted by molar-refractivity contribution is 0.0693. The van der Waals surface area contributed by atoms with Crippen LogP contribution in [0, 0.1) is 12.3 Å². The van der Waals surface area contributed by atoms with Gasteiger partial charge in [-0.3, -0.25) is 14.2 Å². The van der Waals surface area contributed by atoms with Gasteiger partial charge in [0, 0.05) is 31.6 Å². The first-order valence-corrected chi connectivity index (χ1v) is 11.3. The van der Waals surface area contributed by atoms with Gasteiger partial charge < -0.3 is 9.64 Å². The summed E-state index contributed by atoms with van der Waals surface area (Å²) in [5, 5.41) is 0. The third-order valence-corrected chi connectivity index (χ3v) is 7.31. The first-order chi connectivity index (χ1) is 15.5. The molecule has 32 heavy (non-hydrogen) atoms. The Kier molecular flexibility index (Phi) is 5.03. The number of fused-ring (bicyclic) bond motifs is 3. The number of hydrogen-bond acceptors (Lipinski definition) is 5. The lowest BCUT2D eigenvalue weighted by atomic mass is 9.81. The second kappa shape index (κ2) is 7.88. The van der Waals surface area contributed by atoms with Gasteiger partial charge in [-0.05, 0) is 22.8 Å². The number of carbonyl (C=O) groups is 1. The van der Waals surface area contributed by atoms with E-state index in [1.807, 2.05) is 24.3 Å². The average Bonchev–Trinajstić information content (AvgIpc) is 2.98. The number of carbonyl (C=O) groups excluding carboxylic acids is 1. The van der Waals surface area contributed by atoms with Crippen LogP contribution in [0.15, 0.2) is 58.2 Å². The van der Waals surface area contributed by atoms with Crippen molar-refractivity contribution in [3.8, 4) is 18.4 Å². The minimum absolute atomic E-state index is 0. The summed E-state index contributed by atoms with van der Waals surface area (Å²) >= 11 is 1.80. The molecule has 0 spiro atoms. The van der Waals surface area contributed by atoms with Gasteiger partial charge in [0.2, 0.25) is 0 Å². The fourth-order valence-electron chi connectivity index (χ4n) is 4.76. The molecule has 5 rings (SSSR count). The third kappa shape index (κ3) is 3.02. The van der Waals surface area contributed by atoms with E-state index in [1.54, 1.807) is 28.3 Å². The van der Waals surface area contributed by atoms with Crippen molar-refractivity contribution < 1.29 is 11.0 Å². The van der Waals surface area contributed by atoms with Crippen LogP contribution in [0.25, 0.3) is 0 Å². The number of nitrogens with zero attached hydrogens (tertiary/aromatic N) is 3. The topological polar surface area (TPSA) is 64.4 Å². The Morgan fingerprint density at radius 1 is 1.16 bits per heavy atom. The van der Waals surface area contributed by atoms with Crippen LogP contribution < -0.4 is 10.3 Å². The second-order valence-corrected chi connectivity index (χ2v) is 8.91. The number of terminal acetylenes is 1. The molecular formula is C25H22N3O3S. The van der Waals surface area contributed by atoms with Gasteiger partial charge >= 0.3 is 0 Å². The number of rotatable bonds is 2. The van der Waals surface area contributed by atoms with Gasteiger partial charge in [-0.15, -0.1) is 18.2 Å². The van der Waals surface area contributed by atoms with Crippen molar-refractivity contribution >= 4 is 17.7 Å². The highest BCUT2D eigenvalue weighted by Gasteiger charge is 2.41. The Morgan fingerprint density at radius 3 is 2.62 bits per heavy atom. The van der Waals surface area contributed by atoms with Crippen molar-refractivity contribution in [3.63, 3.8) is 0 Å². The smallest absolute Gasteiger partial charge is 0.300 e. The van der Waals surface area contributed by atoms with Crippen LogP contribution in [0.2, 0.25) is 0 Å². The number of thioether (sulfide) groups is 1. The van der Waals surface area contributed by atoms with Gasteiger partial charge in [0.25, 0.3) is 17.5 Å². The Labute approximate surface area is 191 Å². The molecule has 2 aliphatic heterocycles. The SMILES string of the molecule is C#Cc1c2n(c(OC)nc1=O)C(C1c3ccccc3CSc3ccccc31)CN(C)C2=O.[H]. The molecule has 1 radical (unpaired) electrons. The quantitative estimate of drug-likeness (QED) is 0.567. The van der Waals surface area contributed by atoms with E-state index < -0.39 is 5.56 Å². The fourth-order valence-corrected chi connectivity index (χ4v) is 5.87. The average molecular weight is 445 g/mol. The van der Waals surface area contributed by atoms with Crippen LogP contribution in [-0.4, -0.2) is 41.1 Å². The molecule has 0 fully saturated rings. The van der Waals surface area contributed by atoms with E-state index in [0.717, 1.165) is 5.75 Å². The van der Waals surface area contributed by atoms with Crippen LogP contribution in [-0.2, 0) is 5.75 Å². The number of likely N-dealkylation sites (N-methyl/N-ethyl adjacent to an activating group) is 1. The summed E-state index contributed by atoms with van der Waals surface area (Å²) in [6, 6.07) is 16.6. The monoisotopic (exact) mass is 444 g/mol. The zero-order valence-corrected chi connectivity index (χ0v) is 18.6. The molecule has 161 valence electrons. The lowest BCUT2D eigenvalue weighted by Crippen LogP contribution is -2.46. The van der Waals surface area contributed by atoms with Gasteiger partial charge in [0.15, 0.2) is 0 Å². The Bertz CT molecular complexity index is 1300. The van der Waals surface area contributed by atoms with Crippen molar-refractivity contribution in [2.24, 2.45) is 0 Å². The van der Waals surface area contributed by atoms with Crippen LogP contribution in [0.3, 0.4) is 0 Å². The molecule has 2 atom stereocenters. The molecule has 2 aliphatic rings. The fraction of sp³-hybridized carbons (Fsp3) is 0.240. The number of aromatic nitrogens is 2. The molecule has 0 saturated heterocycles. The van der Waals surface area contributed by atoms with Gasteiger partial charge in [0.1, 0.15) is 11.3 Å². The highest BCUT2D eigenvalue weighted by Crippen LogP contribution is 2.47. The zero-order valence-electron chi connectivity index (χ0n) is 18.7. The molecule has 1 amide bonds. The maximum Gasteiger partial charge on any atom is 0.300 e. The van der Waals surface area contributed by atoms with E-state index in [9.17, 15) is 9.59 Å². The van der Waals surface area contributed by atoms with Gasteiger partial charge in [-0.25, -0.2) is 0 Å². The van der Waals surface area contributed by atoms with Crippen LogP contribution in [0.1, 0.15) is 46.1 Å².